The van der Waals surface area contributed by atoms with Gasteiger partial charge in [0, 0.05) is 18.9 Å². The fourth-order valence-corrected chi connectivity index (χ4v) is 2.66. The highest BCUT2D eigenvalue weighted by molar-refractivity contribution is 5.76. The Kier molecular flexibility index (Phi) is 4.03. The van der Waals surface area contributed by atoms with Crippen LogP contribution in [-0.2, 0) is 11.2 Å². The van der Waals surface area contributed by atoms with E-state index in [1.807, 2.05) is 6.92 Å². The summed E-state index contributed by atoms with van der Waals surface area (Å²) in [5, 5.41) is 11.0. The van der Waals surface area contributed by atoms with Gasteiger partial charge in [0.15, 0.2) is 0 Å². The Hall–Kier alpha value is -2.11. The summed E-state index contributed by atoms with van der Waals surface area (Å²) < 4.78 is 10.8. The zero-order chi connectivity index (χ0) is 14.7. The van der Waals surface area contributed by atoms with Crippen molar-refractivity contribution in [1.82, 2.24) is 15.5 Å². The van der Waals surface area contributed by atoms with Gasteiger partial charge in [0.25, 0.3) is 5.89 Å². The molecule has 2 aromatic rings. The van der Waals surface area contributed by atoms with E-state index in [1.165, 1.54) is 12.8 Å². The Bertz CT molecular complexity index is 611. The van der Waals surface area contributed by atoms with Gasteiger partial charge in [-0.25, -0.2) is 0 Å². The van der Waals surface area contributed by atoms with Crippen LogP contribution in [0.1, 0.15) is 43.8 Å². The summed E-state index contributed by atoms with van der Waals surface area (Å²) in [5.74, 6) is 1.71. The monoisotopic (exact) mass is 289 g/mol. The third-order valence-electron chi connectivity index (χ3n) is 3.84. The van der Waals surface area contributed by atoms with Crippen molar-refractivity contribution in [3.8, 4) is 11.5 Å². The lowest BCUT2D eigenvalue weighted by Crippen LogP contribution is -2.32. The summed E-state index contributed by atoms with van der Waals surface area (Å²) in [6.45, 7) is 1.84. The summed E-state index contributed by atoms with van der Waals surface area (Å²) in [5.41, 5.74) is 0.796. The number of carbonyl (C=O) groups excluding carboxylic acids is 1. The molecule has 0 radical (unpaired) electrons. The molecule has 21 heavy (non-hydrogen) atoms. The lowest BCUT2D eigenvalue weighted by Gasteiger charge is -2.10. The van der Waals surface area contributed by atoms with Crippen LogP contribution >= 0.6 is 0 Å². The lowest BCUT2D eigenvalue weighted by atomic mass is 10.2. The fourth-order valence-electron chi connectivity index (χ4n) is 2.66. The van der Waals surface area contributed by atoms with E-state index in [0.29, 0.717) is 30.7 Å². The van der Waals surface area contributed by atoms with Crippen molar-refractivity contribution in [2.75, 3.05) is 0 Å². The van der Waals surface area contributed by atoms with Crippen LogP contribution in [0.15, 0.2) is 21.2 Å². The number of nitrogens with one attached hydrogen (secondary N) is 1. The van der Waals surface area contributed by atoms with Crippen molar-refractivity contribution in [3.05, 3.63) is 24.0 Å². The molecule has 0 aromatic carbocycles. The molecular formula is C15H19N3O3. The molecule has 6 heteroatoms. The molecule has 1 N–H and O–H groups in total. The molecule has 2 heterocycles. The van der Waals surface area contributed by atoms with Gasteiger partial charge in [0.1, 0.15) is 5.76 Å². The summed E-state index contributed by atoms with van der Waals surface area (Å²) in [4.78, 5) is 11.8. The Morgan fingerprint density at radius 1 is 1.38 bits per heavy atom. The van der Waals surface area contributed by atoms with Crippen LogP contribution in [0.2, 0.25) is 0 Å². The molecule has 0 spiro atoms. The van der Waals surface area contributed by atoms with Crippen molar-refractivity contribution in [1.29, 1.82) is 0 Å². The first-order valence-electron chi connectivity index (χ1n) is 7.38. The Morgan fingerprint density at radius 2 is 2.19 bits per heavy atom. The van der Waals surface area contributed by atoms with Gasteiger partial charge >= 0.3 is 0 Å². The number of hydrogen-bond acceptors (Lipinski definition) is 5. The number of rotatable bonds is 5. The van der Waals surface area contributed by atoms with Crippen LogP contribution in [0.4, 0.5) is 0 Å². The van der Waals surface area contributed by atoms with Gasteiger partial charge in [-0.2, -0.15) is 0 Å². The maximum atomic E-state index is 11.8. The van der Waals surface area contributed by atoms with Gasteiger partial charge in [-0.15, -0.1) is 10.2 Å². The van der Waals surface area contributed by atoms with Crippen LogP contribution in [0, 0.1) is 6.92 Å². The van der Waals surface area contributed by atoms with Gasteiger partial charge < -0.3 is 14.2 Å². The second-order valence-electron chi connectivity index (χ2n) is 5.44. The van der Waals surface area contributed by atoms with Gasteiger partial charge in [-0.3, -0.25) is 4.79 Å². The highest BCUT2D eigenvalue weighted by atomic mass is 16.4. The number of aromatic nitrogens is 2. The van der Waals surface area contributed by atoms with E-state index < -0.39 is 0 Å². The molecule has 6 nitrogen and oxygen atoms in total. The van der Waals surface area contributed by atoms with E-state index in [1.54, 1.807) is 12.3 Å². The molecule has 2 aromatic heterocycles. The quantitative estimate of drug-likeness (QED) is 0.915. The molecular weight excluding hydrogens is 270 g/mol. The summed E-state index contributed by atoms with van der Waals surface area (Å²) in [6.07, 6.45) is 7.03. The molecule has 1 fully saturated rings. The smallest absolute Gasteiger partial charge is 0.251 e. The SMILES string of the molecule is Cc1occc1-c1nnc(CCC(=O)NC2CCCC2)o1. The summed E-state index contributed by atoms with van der Waals surface area (Å²) in [6, 6.07) is 2.14. The Labute approximate surface area is 122 Å². The Morgan fingerprint density at radius 3 is 2.90 bits per heavy atom. The molecule has 0 atom stereocenters. The van der Waals surface area contributed by atoms with Crippen LogP contribution in [0.5, 0.6) is 0 Å². The topological polar surface area (TPSA) is 81.2 Å². The molecule has 1 amide bonds. The number of amides is 1. The third-order valence-corrected chi connectivity index (χ3v) is 3.84. The molecule has 1 saturated carbocycles. The second-order valence-corrected chi connectivity index (χ2v) is 5.44. The molecule has 112 valence electrons. The fraction of sp³-hybridized carbons (Fsp3) is 0.533. The zero-order valence-corrected chi connectivity index (χ0v) is 12.1. The van der Waals surface area contributed by atoms with E-state index in [9.17, 15) is 4.79 Å². The molecule has 3 rings (SSSR count). The molecule has 0 saturated heterocycles. The van der Waals surface area contributed by atoms with E-state index in [2.05, 4.69) is 15.5 Å². The van der Waals surface area contributed by atoms with Gasteiger partial charge in [-0.1, -0.05) is 12.8 Å². The first-order valence-corrected chi connectivity index (χ1v) is 7.38. The van der Waals surface area contributed by atoms with Crippen LogP contribution in [-0.4, -0.2) is 22.1 Å². The van der Waals surface area contributed by atoms with E-state index in [0.717, 1.165) is 24.2 Å². The molecule has 0 aliphatic heterocycles. The van der Waals surface area contributed by atoms with Crippen molar-refractivity contribution < 1.29 is 13.6 Å². The highest BCUT2D eigenvalue weighted by Crippen LogP contribution is 2.23. The summed E-state index contributed by atoms with van der Waals surface area (Å²) in [7, 11) is 0. The molecule has 1 aliphatic carbocycles. The van der Waals surface area contributed by atoms with Crippen LogP contribution < -0.4 is 5.32 Å². The van der Waals surface area contributed by atoms with E-state index in [4.69, 9.17) is 8.83 Å². The van der Waals surface area contributed by atoms with E-state index in [-0.39, 0.29) is 5.91 Å². The van der Waals surface area contributed by atoms with Crippen molar-refractivity contribution in [2.24, 2.45) is 0 Å². The number of aryl methyl sites for hydroxylation is 2. The standard InChI is InChI=1S/C15H19N3O3/c1-10-12(8-9-20-10)15-18-17-14(21-15)7-6-13(19)16-11-4-2-3-5-11/h8-9,11H,2-7H2,1H3,(H,16,19). The minimum atomic E-state index is 0.0566. The molecule has 1 aliphatic rings. The molecule has 0 bridgehead atoms. The third kappa shape index (κ3) is 3.32. The average Bonchev–Trinajstić information content (AvgIpc) is 3.17. The number of nitrogens with zero attached hydrogens (tertiary/aromatic N) is 2. The summed E-state index contributed by atoms with van der Waals surface area (Å²) >= 11 is 0. The van der Waals surface area contributed by atoms with Gasteiger partial charge in [0.05, 0.1) is 11.8 Å². The highest BCUT2D eigenvalue weighted by Gasteiger charge is 2.18. The van der Waals surface area contributed by atoms with Crippen molar-refractivity contribution in [3.63, 3.8) is 0 Å². The maximum Gasteiger partial charge on any atom is 0.251 e. The predicted molar refractivity (Wildman–Crippen MR) is 75.5 cm³/mol. The first-order chi connectivity index (χ1) is 10.2. The van der Waals surface area contributed by atoms with Gasteiger partial charge in [-0.05, 0) is 25.8 Å². The van der Waals surface area contributed by atoms with Crippen LogP contribution in [0.3, 0.4) is 0 Å². The number of carbonyl (C=O) groups is 1. The number of furan rings is 1. The first kappa shape index (κ1) is 13.9. The molecule has 0 unspecified atom stereocenters. The lowest BCUT2D eigenvalue weighted by molar-refractivity contribution is -0.121. The zero-order valence-electron chi connectivity index (χ0n) is 12.1. The normalized spacial score (nSPS) is 15.5. The second kappa shape index (κ2) is 6.11. The van der Waals surface area contributed by atoms with Crippen molar-refractivity contribution in [2.45, 2.75) is 51.5 Å². The predicted octanol–water partition coefficient (Wildman–Crippen LogP) is 2.63. The number of hydrogen-bond donors (Lipinski definition) is 1. The largest absolute Gasteiger partial charge is 0.469 e. The Balaban J connectivity index is 1.53. The van der Waals surface area contributed by atoms with E-state index >= 15 is 0 Å². The van der Waals surface area contributed by atoms with Gasteiger partial charge in [0.2, 0.25) is 11.8 Å². The minimum Gasteiger partial charge on any atom is -0.469 e. The van der Waals surface area contributed by atoms with Crippen LogP contribution in [0.25, 0.3) is 11.5 Å². The average molecular weight is 289 g/mol. The van der Waals surface area contributed by atoms with Crippen molar-refractivity contribution >= 4 is 5.91 Å². The minimum absolute atomic E-state index is 0.0566. The maximum absolute atomic E-state index is 11.8.